The van der Waals surface area contributed by atoms with E-state index in [1.54, 1.807) is 23.3 Å². The van der Waals surface area contributed by atoms with Gasteiger partial charge in [0.15, 0.2) is 0 Å². The van der Waals surface area contributed by atoms with Gasteiger partial charge in [0, 0.05) is 25.0 Å². The maximum absolute atomic E-state index is 5.85. The van der Waals surface area contributed by atoms with Gasteiger partial charge in [-0.3, -0.25) is 4.98 Å². The van der Waals surface area contributed by atoms with E-state index in [-0.39, 0.29) is 0 Å². The molecule has 0 amide bonds. The first-order valence-corrected chi connectivity index (χ1v) is 6.08. The Morgan fingerprint density at radius 1 is 1.47 bits per heavy atom. The Bertz CT molecular complexity index is 519. The first kappa shape index (κ1) is 10.7. The van der Waals surface area contributed by atoms with E-state index in [0.717, 1.165) is 17.9 Å². The molecule has 0 unspecified atom stereocenters. The number of nitrogens with zero attached hydrogens (tertiary/aromatic N) is 3. The molecule has 2 aromatic heterocycles. The molecule has 17 heavy (non-hydrogen) atoms. The molecular formula is C12H13ClN4. The Balaban J connectivity index is 1.77. The molecule has 0 saturated heterocycles. The van der Waals surface area contributed by atoms with Crippen molar-refractivity contribution in [1.82, 2.24) is 20.1 Å². The minimum Gasteiger partial charge on any atom is -0.308 e. The SMILES string of the molecule is Clc1cnn(-c2ccnc(CNC3CC3)c2)c1. The van der Waals surface area contributed by atoms with Crippen LogP contribution in [-0.4, -0.2) is 20.8 Å². The lowest BCUT2D eigenvalue weighted by molar-refractivity contribution is 0.673. The molecule has 1 fully saturated rings. The second kappa shape index (κ2) is 4.47. The van der Waals surface area contributed by atoms with Crippen LogP contribution in [0, 0.1) is 0 Å². The van der Waals surface area contributed by atoms with Gasteiger partial charge in [-0.15, -0.1) is 0 Å². The van der Waals surface area contributed by atoms with Crippen molar-refractivity contribution in [3.05, 3.63) is 41.4 Å². The second-order valence-electron chi connectivity index (χ2n) is 4.26. The third-order valence-corrected chi connectivity index (χ3v) is 2.96. The zero-order chi connectivity index (χ0) is 11.7. The van der Waals surface area contributed by atoms with Crippen LogP contribution in [0.15, 0.2) is 30.7 Å². The number of hydrogen-bond acceptors (Lipinski definition) is 3. The summed E-state index contributed by atoms with van der Waals surface area (Å²) in [5.74, 6) is 0. The molecule has 1 aliphatic rings. The summed E-state index contributed by atoms with van der Waals surface area (Å²) in [5.41, 5.74) is 2.01. The highest BCUT2D eigenvalue weighted by Gasteiger charge is 2.20. The molecule has 88 valence electrons. The van der Waals surface area contributed by atoms with Crippen LogP contribution >= 0.6 is 11.6 Å². The van der Waals surface area contributed by atoms with Gasteiger partial charge in [0.05, 0.1) is 22.6 Å². The van der Waals surface area contributed by atoms with Gasteiger partial charge < -0.3 is 5.32 Å². The summed E-state index contributed by atoms with van der Waals surface area (Å²) in [6.07, 6.45) is 7.79. The van der Waals surface area contributed by atoms with E-state index in [1.165, 1.54) is 12.8 Å². The first-order chi connectivity index (χ1) is 8.31. The van der Waals surface area contributed by atoms with Gasteiger partial charge in [-0.1, -0.05) is 11.6 Å². The standard InChI is InChI=1S/C12H13ClN4/c13-9-6-16-17(8-9)12-3-4-14-11(5-12)7-15-10-1-2-10/h3-6,8,10,15H,1-2,7H2. The summed E-state index contributed by atoms with van der Waals surface area (Å²) in [7, 11) is 0. The van der Waals surface area contributed by atoms with Crippen LogP contribution in [0.3, 0.4) is 0 Å². The molecular weight excluding hydrogens is 236 g/mol. The van der Waals surface area contributed by atoms with Crippen molar-refractivity contribution in [1.29, 1.82) is 0 Å². The second-order valence-corrected chi connectivity index (χ2v) is 4.70. The van der Waals surface area contributed by atoms with Crippen molar-refractivity contribution in [2.24, 2.45) is 0 Å². The summed E-state index contributed by atoms with van der Waals surface area (Å²) in [5, 5.41) is 8.25. The van der Waals surface area contributed by atoms with Gasteiger partial charge in [0.1, 0.15) is 0 Å². The number of aromatic nitrogens is 3. The molecule has 3 rings (SSSR count). The molecule has 0 atom stereocenters. The Morgan fingerprint density at radius 3 is 3.06 bits per heavy atom. The van der Waals surface area contributed by atoms with E-state index in [9.17, 15) is 0 Å². The number of rotatable bonds is 4. The highest BCUT2D eigenvalue weighted by atomic mass is 35.5. The quantitative estimate of drug-likeness (QED) is 0.902. The Labute approximate surface area is 105 Å². The van der Waals surface area contributed by atoms with Crippen LogP contribution in [-0.2, 0) is 6.54 Å². The van der Waals surface area contributed by atoms with Gasteiger partial charge in [0.25, 0.3) is 0 Å². The maximum Gasteiger partial charge on any atom is 0.0790 e. The van der Waals surface area contributed by atoms with Gasteiger partial charge in [-0.25, -0.2) is 4.68 Å². The van der Waals surface area contributed by atoms with Crippen molar-refractivity contribution in [3.63, 3.8) is 0 Å². The monoisotopic (exact) mass is 248 g/mol. The van der Waals surface area contributed by atoms with Crippen LogP contribution < -0.4 is 5.32 Å². The summed E-state index contributed by atoms with van der Waals surface area (Å²) in [4.78, 5) is 4.33. The lowest BCUT2D eigenvalue weighted by atomic mass is 10.3. The van der Waals surface area contributed by atoms with Crippen molar-refractivity contribution in [2.75, 3.05) is 0 Å². The fourth-order valence-corrected chi connectivity index (χ4v) is 1.82. The average molecular weight is 249 g/mol. The molecule has 0 radical (unpaired) electrons. The van der Waals surface area contributed by atoms with Gasteiger partial charge in [-0.2, -0.15) is 5.10 Å². The predicted molar refractivity (Wildman–Crippen MR) is 66.2 cm³/mol. The van der Waals surface area contributed by atoms with Crippen molar-refractivity contribution in [2.45, 2.75) is 25.4 Å². The smallest absolute Gasteiger partial charge is 0.0790 e. The molecule has 0 aromatic carbocycles. The zero-order valence-corrected chi connectivity index (χ0v) is 10.1. The van der Waals surface area contributed by atoms with Gasteiger partial charge in [-0.05, 0) is 25.0 Å². The topological polar surface area (TPSA) is 42.7 Å². The van der Waals surface area contributed by atoms with Crippen molar-refractivity contribution in [3.8, 4) is 5.69 Å². The molecule has 1 saturated carbocycles. The molecule has 0 bridgehead atoms. The number of halogens is 1. The number of nitrogens with one attached hydrogen (secondary N) is 1. The predicted octanol–water partition coefficient (Wildman–Crippen LogP) is 2.17. The lowest BCUT2D eigenvalue weighted by Crippen LogP contribution is -2.16. The summed E-state index contributed by atoms with van der Waals surface area (Å²) in [6, 6.07) is 4.64. The maximum atomic E-state index is 5.85. The van der Waals surface area contributed by atoms with Crippen LogP contribution in [0.2, 0.25) is 5.02 Å². The zero-order valence-electron chi connectivity index (χ0n) is 9.31. The van der Waals surface area contributed by atoms with E-state index < -0.39 is 0 Å². The summed E-state index contributed by atoms with van der Waals surface area (Å²) in [6.45, 7) is 0.813. The fourth-order valence-electron chi connectivity index (χ4n) is 1.68. The first-order valence-electron chi connectivity index (χ1n) is 5.70. The average Bonchev–Trinajstić information content (AvgIpc) is 3.08. The minimum absolute atomic E-state index is 0.638. The van der Waals surface area contributed by atoms with E-state index >= 15 is 0 Å². The fraction of sp³-hybridized carbons (Fsp3) is 0.333. The normalized spacial score (nSPS) is 15.1. The molecule has 5 heteroatoms. The van der Waals surface area contributed by atoms with Crippen molar-refractivity contribution >= 4 is 11.6 Å². The van der Waals surface area contributed by atoms with Crippen LogP contribution in [0.5, 0.6) is 0 Å². The number of pyridine rings is 1. The van der Waals surface area contributed by atoms with E-state index in [0.29, 0.717) is 11.1 Å². The summed E-state index contributed by atoms with van der Waals surface area (Å²) >= 11 is 5.85. The van der Waals surface area contributed by atoms with Gasteiger partial charge >= 0.3 is 0 Å². The Morgan fingerprint density at radius 2 is 2.35 bits per heavy atom. The van der Waals surface area contributed by atoms with Crippen molar-refractivity contribution < 1.29 is 0 Å². The lowest BCUT2D eigenvalue weighted by Gasteiger charge is -2.05. The van der Waals surface area contributed by atoms with E-state index in [2.05, 4.69) is 15.4 Å². The summed E-state index contributed by atoms with van der Waals surface area (Å²) < 4.78 is 1.75. The highest BCUT2D eigenvalue weighted by Crippen LogP contribution is 2.19. The van der Waals surface area contributed by atoms with Crippen LogP contribution in [0.4, 0.5) is 0 Å². The molecule has 1 aliphatic carbocycles. The van der Waals surface area contributed by atoms with Gasteiger partial charge in [0.2, 0.25) is 0 Å². The molecule has 2 heterocycles. The molecule has 4 nitrogen and oxygen atoms in total. The molecule has 1 N–H and O–H groups in total. The largest absolute Gasteiger partial charge is 0.308 e. The van der Waals surface area contributed by atoms with Crippen LogP contribution in [0.1, 0.15) is 18.5 Å². The molecule has 2 aromatic rings. The molecule has 0 spiro atoms. The van der Waals surface area contributed by atoms with Crippen LogP contribution in [0.25, 0.3) is 5.69 Å². The van der Waals surface area contributed by atoms with E-state index in [1.807, 2.05) is 12.1 Å². The Kier molecular flexibility index (Phi) is 2.82. The van der Waals surface area contributed by atoms with E-state index in [4.69, 9.17) is 11.6 Å². The third kappa shape index (κ3) is 2.65. The third-order valence-electron chi connectivity index (χ3n) is 2.76. The molecule has 0 aliphatic heterocycles. The highest BCUT2D eigenvalue weighted by molar-refractivity contribution is 6.30. The Hall–Kier alpha value is -1.39. The number of hydrogen-bond donors (Lipinski definition) is 1. The minimum atomic E-state index is 0.638.